The van der Waals surface area contributed by atoms with E-state index in [1.54, 1.807) is 24.5 Å². The van der Waals surface area contributed by atoms with Crippen LogP contribution in [0.5, 0.6) is 0 Å². The average molecular weight is 218 g/mol. The van der Waals surface area contributed by atoms with Crippen LogP contribution in [-0.4, -0.2) is 16.9 Å². The molecule has 1 aromatic heterocycles. The van der Waals surface area contributed by atoms with Gasteiger partial charge in [0.1, 0.15) is 0 Å². The summed E-state index contributed by atoms with van der Waals surface area (Å²) in [4.78, 5) is 15.8. The first-order valence-corrected chi connectivity index (χ1v) is 6.07. The van der Waals surface area contributed by atoms with Crippen LogP contribution < -0.4 is 5.32 Å². The molecule has 1 N–H and O–H groups in total. The highest BCUT2D eigenvalue weighted by atomic mass is 16.1. The topological polar surface area (TPSA) is 42.0 Å². The Bertz CT molecular complexity index is 329. The molecule has 3 heteroatoms. The lowest BCUT2D eigenvalue weighted by atomic mass is 10.1. The smallest absolute Gasteiger partial charge is 0.251 e. The summed E-state index contributed by atoms with van der Waals surface area (Å²) in [6, 6.07) is 3.88. The van der Waals surface area contributed by atoms with E-state index < -0.39 is 0 Å². The van der Waals surface area contributed by atoms with Crippen LogP contribution in [0.25, 0.3) is 0 Å². The van der Waals surface area contributed by atoms with E-state index in [1.807, 2.05) is 0 Å². The van der Waals surface area contributed by atoms with Crippen LogP contribution in [0, 0.1) is 0 Å². The maximum absolute atomic E-state index is 11.9. The predicted molar refractivity (Wildman–Crippen MR) is 63.2 cm³/mol. The normalized spacial score (nSPS) is 17.8. The SMILES string of the molecule is O=C(NC1CCCCCC1)c1ccncc1. The molecular weight excluding hydrogens is 200 g/mol. The van der Waals surface area contributed by atoms with Crippen molar-refractivity contribution in [1.29, 1.82) is 0 Å². The van der Waals surface area contributed by atoms with Crippen LogP contribution in [-0.2, 0) is 0 Å². The van der Waals surface area contributed by atoms with E-state index in [0.29, 0.717) is 11.6 Å². The number of carbonyl (C=O) groups is 1. The Hall–Kier alpha value is -1.38. The highest BCUT2D eigenvalue weighted by molar-refractivity contribution is 5.94. The van der Waals surface area contributed by atoms with Gasteiger partial charge in [-0.2, -0.15) is 0 Å². The fourth-order valence-corrected chi connectivity index (χ4v) is 2.20. The van der Waals surface area contributed by atoms with Crippen molar-refractivity contribution in [2.45, 2.75) is 44.6 Å². The minimum Gasteiger partial charge on any atom is -0.349 e. The van der Waals surface area contributed by atoms with Crippen molar-refractivity contribution in [2.75, 3.05) is 0 Å². The van der Waals surface area contributed by atoms with E-state index in [2.05, 4.69) is 10.3 Å². The second-order valence-corrected chi connectivity index (χ2v) is 4.40. The first-order valence-electron chi connectivity index (χ1n) is 6.07. The largest absolute Gasteiger partial charge is 0.349 e. The molecule has 1 aromatic rings. The van der Waals surface area contributed by atoms with Gasteiger partial charge >= 0.3 is 0 Å². The van der Waals surface area contributed by atoms with Crippen LogP contribution in [0.4, 0.5) is 0 Å². The fourth-order valence-electron chi connectivity index (χ4n) is 2.20. The molecule has 0 aromatic carbocycles. The Morgan fingerprint density at radius 3 is 2.38 bits per heavy atom. The van der Waals surface area contributed by atoms with E-state index in [4.69, 9.17) is 0 Å². The fraction of sp³-hybridized carbons (Fsp3) is 0.538. The third-order valence-electron chi connectivity index (χ3n) is 3.13. The minimum absolute atomic E-state index is 0.0364. The molecule has 0 unspecified atom stereocenters. The van der Waals surface area contributed by atoms with Gasteiger partial charge in [-0.25, -0.2) is 0 Å². The van der Waals surface area contributed by atoms with Gasteiger partial charge in [0.05, 0.1) is 0 Å². The number of hydrogen-bond acceptors (Lipinski definition) is 2. The van der Waals surface area contributed by atoms with Gasteiger partial charge in [-0.05, 0) is 25.0 Å². The summed E-state index contributed by atoms with van der Waals surface area (Å²) in [5, 5.41) is 3.11. The molecule has 16 heavy (non-hydrogen) atoms. The minimum atomic E-state index is 0.0364. The van der Waals surface area contributed by atoms with Crippen molar-refractivity contribution in [3.05, 3.63) is 30.1 Å². The number of hydrogen-bond donors (Lipinski definition) is 1. The molecule has 0 atom stereocenters. The van der Waals surface area contributed by atoms with E-state index in [-0.39, 0.29) is 5.91 Å². The summed E-state index contributed by atoms with van der Waals surface area (Å²) in [7, 11) is 0. The molecule has 0 radical (unpaired) electrons. The van der Waals surface area contributed by atoms with Crippen LogP contribution in [0.15, 0.2) is 24.5 Å². The Kier molecular flexibility index (Phi) is 3.91. The predicted octanol–water partition coefficient (Wildman–Crippen LogP) is 2.53. The highest BCUT2D eigenvalue weighted by Crippen LogP contribution is 2.17. The maximum atomic E-state index is 11.9. The standard InChI is InChI=1S/C13H18N2O/c16-13(11-7-9-14-10-8-11)15-12-5-3-1-2-4-6-12/h7-10,12H,1-6H2,(H,15,16). The molecule has 0 saturated heterocycles. The molecule has 3 nitrogen and oxygen atoms in total. The zero-order valence-corrected chi connectivity index (χ0v) is 9.48. The van der Waals surface area contributed by atoms with Crippen molar-refractivity contribution in [2.24, 2.45) is 0 Å². The molecule has 1 heterocycles. The molecule has 0 spiro atoms. The van der Waals surface area contributed by atoms with Gasteiger partial charge in [0.15, 0.2) is 0 Å². The Morgan fingerprint density at radius 2 is 1.75 bits per heavy atom. The summed E-state index contributed by atoms with van der Waals surface area (Å²) < 4.78 is 0. The zero-order valence-electron chi connectivity index (χ0n) is 9.48. The van der Waals surface area contributed by atoms with Crippen molar-refractivity contribution in [1.82, 2.24) is 10.3 Å². The quantitative estimate of drug-likeness (QED) is 0.775. The third-order valence-corrected chi connectivity index (χ3v) is 3.13. The summed E-state index contributed by atoms with van der Waals surface area (Å²) in [5.41, 5.74) is 0.708. The molecular formula is C13H18N2O. The second-order valence-electron chi connectivity index (χ2n) is 4.40. The molecule has 0 aliphatic heterocycles. The lowest BCUT2D eigenvalue weighted by molar-refractivity contribution is 0.0933. The van der Waals surface area contributed by atoms with Crippen LogP contribution in [0.3, 0.4) is 0 Å². The molecule has 1 aliphatic rings. The number of amides is 1. The van der Waals surface area contributed by atoms with Crippen molar-refractivity contribution in [3.63, 3.8) is 0 Å². The molecule has 2 rings (SSSR count). The highest BCUT2D eigenvalue weighted by Gasteiger charge is 2.15. The number of rotatable bonds is 2. The average Bonchev–Trinajstić information content (AvgIpc) is 2.59. The Balaban J connectivity index is 1.91. The first-order chi connectivity index (χ1) is 7.86. The van der Waals surface area contributed by atoms with Crippen molar-refractivity contribution in [3.8, 4) is 0 Å². The van der Waals surface area contributed by atoms with Crippen LogP contribution in [0.1, 0.15) is 48.9 Å². The van der Waals surface area contributed by atoms with E-state index >= 15 is 0 Å². The van der Waals surface area contributed by atoms with Crippen LogP contribution in [0.2, 0.25) is 0 Å². The van der Waals surface area contributed by atoms with Crippen molar-refractivity contribution < 1.29 is 4.79 Å². The zero-order chi connectivity index (χ0) is 11.2. The molecule has 86 valence electrons. The molecule has 1 amide bonds. The molecule has 1 saturated carbocycles. The summed E-state index contributed by atoms with van der Waals surface area (Å²) >= 11 is 0. The van der Waals surface area contributed by atoms with Gasteiger partial charge in [-0.3, -0.25) is 9.78 Å². The number of nitrogens with one attached hydrogen (secondary N) is 1. The molecule has 1 fully saturated rings. The summed E-state index contributed by atoms with van der Waals surface area (Å²) in [6.45, 7) is 0. The van der Waals surface area contributed by atoms with Gasteiger partial charge in [0, 0.05) is 24.0 Å². The number of pyridine rings is 1. The third kappa shape index (κ3) is 3.05. The van der Waals surface area contributed by atoms with Gasteiger partial charge in [0.2, 0.25) is 0 Å². The molecule has 1 aliphatic carbocycles. The van der Waals surface area contributed by atoms with E-state index in [1.165, 1.54) is 25.7 Å². The van der Waals surface area contributed by atoms with Gasteiger partial charge in [-0.15, -0.1) is 0 Å². The number of carbonyl (C=O) groups excluding carboxylic acids is 1. The van der Waals surface area contributed by atoms with Crippen molar-refractivity contribution >= 4 is 5.91 Å². The molecule has 0 bridgehead atoms. The van der Waals surface area contributed by atoms with Crippen LogP contribution >= 0.6 is 0 Å². The second kappa shape index (κ2) is 5.64. The summed E-state index contributed by atoms with van der Waals surface area (Å²) in [5.74, 6) is 0.0364. The van der Waals surface area contributed by atoms with Gasteiger partial charge in [-0.1, -0.05) is 25.7 Å². The number of nitrogens with zero attached hydrogens (tertiary/aromatic N) is 1. The first kappa shape index (κ1) is 11.1. The number of aromatic nitrogens is 1. The lowest BCUT2D eigenvalue weighted by Crippen LogP contribution is -2.34. The maximum Gasteiger partial charge on any atom is 0.251 e. The van der Waals surface area contributed by atoms with Gasteiger partial charge < -0.3 is 5.32 Å². The monoisotopic (exact) mass is 218 g/mol. The Morgan fingerprint density at radius 1 is 1.12 bits per heavy atom. The summed E-state index contributed by atoms with van der Waals surface area (Å²) in [6.07, 6.45) is 10.6. The Labute approximate surface area is 96.3 Å². The van der Waals surface area contributed by atoms with E-state index in [0.717, 1.165) is 12.8 Å². The van der Waals surface area contributed by atoms with Gasteiger partial charge in [0.25, 0.3) is 5.91 Å². The lowest BCUT2D eigenvalue weighted by Gasteiger charge is -2.15. The van der Waals surface area contributed by atoms with E-state index in [9.17, 15) is 4.79 Å².